The van der Waals surface area contributed by atoms with Crippen LogP contribution in [0.5, 0.6) is 0 Å². The van der Waals surface area contributed by atoms with Crippen LogP contribution in [-0.2, 0) is 4.79 Å². The fourth-order valence-corrected chi connectivity index (χ4v) is 4.42. The summed E-state index contributed by atoms with van der Waals surface area (Å²) in [6, 6.07) is 9.77. The zero-order chi connectivity index (χ0) is 21.6. The average Bonchev–Trinajstić information content (AvgIpc) is 2.72. The Bertz CT molecular complexity index is 745. The number of piperazine rings is 1. The molecule has 0 spiro atoms. The number of nitrogens with zero attached hydrogens (tertiary/aromatic N) is 3. The molecule has 164 valence electrons. The Hall–Kier alpha value is -2.27. The SMILES string of the molecule is N#Cc1cccc(N2CCN(CC[C@H]3CC[C@H](NC(=O)CC(F)(F)F)CC3)CC2)c1. The molecule has 1 aromatic carbocycles. The van der Waals surface area contributed by atoms with E-state index in [2.05, 4.69) is 21.2 Å². The van der Waals surface area contributed by atoms with Crippen molar-refractivity contribution in [2.45, 2.75) is 50.7 Å². The summed E-state index contributed by atoms with van der Waals surface area (Å²) in [5.74, 6) is -0.338. The summed E-state index contributed by atoms with van der Waals surface area (Å²) in [6.45, 7) is 4.88. The van der Waals surface area contributed by atoms with Gasteiger partial charge in [-0.25, -0.2) is 0 Å². The van der Waals surface area contributed by atoms with Crippen molar-refractivity contribution in [3.8, 4) is 6.07 Å². The van der Waals surface area contributed by atoms with Crippen LogP contribution in [-0.4, -0.2) is 55.7 Å². The molecule has 1 heterocycles. The third kappa shape index (κ3) is 6.91. The average molecular weight is 422 g/mol. The third-order valence-electron chi connectivity index (χ3n) is 6.14. The van der Waals surface area contributed by atoms with Crippen LogP contribution in [0.15, 0.2) is 24.3 Å². The van der Waals surface area contributed by atoms with E-state index in [1.807, 2.05) is 24.3 Å². The first-order chi connectivity index (χ1) is 14.3. The van der Waals surface area contributed by atoms with Gasteiger partial charge in [0.15, 0.2) is 0 Å². The van der Waals surface area contributed by atoms with Crippen molar-refractivity contribution < 1.29 is 18.0 Å². The Morgan fingerprint density at radius 1 is 1.13 bits per heavy atom. The lowest BCUT2D eigenvalue weighted by Gasteiger charge is -2.37. The standard InChI is InChI=1S/C22H29F3N4O/c23-22(24,25)15-21(30)27-19-6-4-17(5-7-19)8-9-28-10-12-29(13-11-28)20-3-1-2-18(14-20)16-26/h1-3,14,17,19H,4-13,15H2,(H,27,30)/t17-,19-. The van der Waals surface area contributed by atoms with Gasteiger partial charge in [0.2, 0.25) is 5.91 Å². The lowest BCUT2D eigenvalue weighted by molar-refractivity contribution is -0.154. The summed E-state index contributed by atoms with van der Waals surface area (Å²) in [5.41, 5.74) is 1.78. The van der Waals surface area contributed by atoms with Crippen LogP contribution < -0.4 is 10.2 Å². The van der Waals surface area contributed by atoms with Crippen molar-refractivity contribution >= 4 is 11.6 Å². The maximum Gasteiger partial charge on any atom is 0.397 e. The normalized spacial score (nSPS) is 23.1. The molecular formula is C22H29F3N4O. The highest BCUT2D eigenvalue weighted by molar-refractivity contribution is 5.76. The van der Waals surface area contributed by atoms with Gasteiger partial charge in [-0.2, -0.15) is 18.4 Å². The van der Waals surface area contributed by atoms with Gasteiger partial charge in [-0.05, 0) is 62.8 Å². The summed E-state index contributed by atoms with van der Waals surface area (Å²) in [5, 5.41) is 11.6. The van der Waals surface area contributed by atoms with Crippen LogP contribution >= 0.6 is 0 Å². The van der Waals surface area contributed by atoms with Crippen molar-refractivity contribution in [2.75, 3.05) is 37.6 Å². The molecule has 0 atom stereocenters. The maximum absolute atomic E-state index is 12.3. The Morgan fingerprint density at radius 3 is 2.47 bits per heavy atom. The Morgan fingerprint density at radius 2 is 1.83 bits per heavy atom. The molecule has 2 fully saturated rings. The van der Waals surface area contributed by atoms with E-state index in [1.54, 1.807) is 0 Å². The lowest BCUT2D eigenvalue weighted by atomic mass is 9.84. The van der Waals surface area contributed by atoms with E-state index in [-0.39, 0.29) is 6.04 Å². The van der Waals surface area contributed by atoms with E-state index in [0.29, 0.717) is 11.5 Å². The van der Waals surface area contributed by atoms with Crippen molar-refractivity contribution in [1.82, 2.24) is 10.2 Å². The Balaban J connectivity index is 1.33. The van der Waals surface area contributed by atoms with Gasteiger partial charge >= 0.3 is 6.18 Å². The second-order valence-electron chi connectivity index (χ2n) is 8.36. The minimum Gasteiger partial charge on any atom is -0.369 e. The van der Waals surface area contributed by atoms with Gasteiger partial charge in [0, 0.05) is 37.9 Å². The molecule has 30 heavy (non-hydrogen) atoms. The molecule has 1 saturated heterocycles. The van der Waals surface area contributed by atoms with Gasteiger partial charge in [0.05, 0.1) is 11.6 Å². The van der Waals surface area contributed by atoms with Crippen LogP contribution in [0.25, 0.3) is 0 Å². The Kier molecular flexibility index (Phi) is 7.59. The third-order valence-corrected chi connectivity index (χ3v) is 6.14. The summed E-state index contributed by atoms with van der Waals surface area (Å²) in [4.78, 5) is 16.2. The molecule has 0 aromatic heterocycles. The number of anilines is 1. The molecule has 1 aromatic rings. The number of carbonyl (C=O) groups excluding carboxylic acids is 1. The number of nitriles is 1. The zero-order valence-corrected chi connectivity index (χ0v) is 17.1. The fourth-order valence-electron chi connectivity index (χ4n) is 4.42. The molecule has 1 amide bonds. The summed E-state index contributed by atoms with van der Waals surface area (Å²) >= 11 is 0. The number of benzene rings is 1. The molecule has 1 saturated carbocycles. The van der Waals surface area contributed by atoms with Crippen LogP contribution in [0.1, 0.15) is 44.1 Å². The quantitative estimate of drug-likeness (QED) is 0.760. The molecule has 0 bridgehead atoms. The van der Waals surface area contributed by atoms with Gasteiger partial charge in [-0.1, -0.05) is 6.07 Å². The first kappa shape index (κ1) is 22.4. The molecule has 3 rings (SSSR count). The molecule has 1 aliphatic heterocycles. The highest BCUT2D eigenvalue weighted by Gasteiger charge is 2.32. The van der Waals surface area contributed by atoms with Gasteiger partial charge in [-0.3, -0.25) is 9.69 Å². The molecule has 0 unspecified atom stereocenters. The minimum absolute atomic E-state index is 0.121. The van der Waals surface area contributed by atoms with Crippen LogP contribution in [0.4, 0.5) is 18.9 Å². The summed E-state index contributed by atoms with van der Waals surface area (Å²) in [6.07, 6.45) is -1.30. The van der Waals surface area contributed by atoms with E-state index in [1.165, 1.54) is 0 Å². The van der Waals surface area contributed by atoms with Crippen molar-refractivity contribution in [3.05, 3.63) is 29.8 Å². The first-order valence-electron chi connectivity index (χ1n) is 10.7. The number of nitrogens with one attached hydrogen (secondary N) is 1. The molecule has 0 radical (unpaired) electrons. The second kappa shape index (κ2) is 10.2. The van der Waals surface area contributed by atoms with Crippen LogP contribution in [0.3, 0.4) is 0 Å². The minimum atomic E-state index is -4.44. The van der Waals surface area contributed by atoms with E-state index in [0.717, 1.165) is 70.5 Å². The van der Waals surface area contributed by atoms with Gasteiger partial charge in [0.1, 0.15) is 6.42 Å². The Labute approximate surface area is 175 Å². The largest absolute Gasteiger partial charge is 0.397 e. The fraction of sp³-hybridized carbons (Fsp3) is 0.636. The highest BCUT2D eigenvalue weighted by Crippen LogP contribution is 2.28. The van der Waals surface area contributed by atoms with Crippen molar-refractivity contribution in [1.29, 1.82) is 5.26 Å². The number of carbonyl (C=O) groups is 1. The molecule has 2 aliphatic rings. The van der Waals surface area contributed by atoms with E-state index >= 15 is 0 Å². The molecule has 1 aliphatic carbocycles. The number of hydrogen-bond acceptors (Lipinski definition) is 4. The van der Waals surface area contributed by atoms with Gasteiger partial charge < -0.3 is 10.2 Å². The lowest BCUT2D eigenvalue weighted by Crippen LogP contribution is -2.47. The van der Waals surface area contributed by atoms with E-state index < -0.39 is 18.5 Å². The summed E-state index contributed by atoms with van der Waals surface area (Å²) < 4.78 is 36.8. The van der Waals surface area contributed by atoms with Crippen molar-refractivity contribution in [3.63, 3.8) is 0 Å². The van der Waals surface area contributed by atoms with Crippen molar-refractivity contribution in [2.24, 2.45) is 5.92 Å². The molecule has 1 N–H and O–H groups in total. The van der Waals surface area contributed by atoms with Gasteiger partial charge in [0.25, 0.3) is 0 Å². The number of hydrogen-bond donors (Lipinski definition) is 1. The van der Waals surface area contributed by atoms with E-state index in [4.69, 9.17) is 5.26 Å². The highest BCUT2D eigenvalue weighted by atomic mass is 19.4. The predicted octanol–water partition coefficient (Wildman–Crippen LogP) is 3.70. The predicted molar refractivity (Wildman–Crippen MR) is 109 cm³/mol. The smallest absolute Gasteiger partial charge is 0.369 e. The molecule has 5 nitrogen and oxygen atoms in total. The summed E-state index contributed by atoms with van der Waals surface area (Å²) in [7, 11) is 0. The molecule has 8 heteroatoms. The first-order valence-corrected chi connectivity index (χ1v) is 10.7. The number of alkyl halides is 3. The van der Waals surface area contributed by atoms with Crippen LogP contribution in [0, 0.1) is 17.2 Å². The topological polar surface area (TPSA) is 59.4 Å². The second-order valence-corrected chi connectivity index (χ2v) is 8.36. The molecular weight excluding hydrogens is 393 g/mol. The number of amides is 1. The van der Waals surface area contributed by atoms with Crippen LogP contribution in [0.2, 0.25) is 0 Å². The number of rotatable bonds is 6. The maximum atomic E-state index is 12.3. The van der Waals surface area contributed by atoms with E-state index in [9.17, 15) is 18.0 Å². The zero-order valence-electron chi connectivity index (χ0n) is 17.1. The number of halogens is 3. The monoisotopic (exact) mass is 422 g/mol. The van der Waals surface area contributed by atoms with Gasteiger partial charge in [-0.15, -0.1) is 0 Å².